The summed E-state index contributed by atoms with van der Waals surface area (Å²) in [5.74, 6) is 0.306. The zero-order valence-electron chi connectivity index (χ0n) is 20.1. The van der Waals surface area contributed by atoms with E-state index in [9.17, 15) is 9.59 Å². The van der Waals surface area contributed by atoms with Crippen LogP contribution in [0.15, 0.2) is 34.7 Å². The van der Waals surface area contributed by atoms with E-state index >= 15 is 0 Å². The molecule has 0 saturated heterocycles. The summed E-state index contributed by atoms with van der Waals surface area (Å²) < 4.78 is 13.1. The van der Waals surface area contributed by atoms with Crippen molar-refractivity contribution >= 4 is 39.1 Å². The number of aromatic nitrogens is 3. The first-order chi connectivity index (χ1) is 17.0. The highest BCUT2D eigenvalue weighted by Crippen LogP contribution is 2.39. The van der Waals surface area contributed by atoms with Crippen molar-refractivity contribution in [2.75, 3.05) is 11.9 Å². The normalized spacial score (nSPS) is 14.0. The number of esters is 1. The molecule has 0 fully saturated rings. The van der Waals surface area contributed by atoms with E-state index in [0.717, 1.165) is 47.0 Å². The van der Waals surface area contributed by atoms with Crippen LogP contribution in [0, 0.1) is 0 Å². The van der Waals surface area contributed by atoms with Gasteiger partial charge >= 0.3 is 5.97 Å². The molecule has 0 saturated carbocycles. The Kier molecular flexibility index (Phi) is 6.42. The summed E-state index contributed by atoms with van der Waals surface area (Å²) in [5, 5.41) is 12.9. The van der Waals surface area contributed by atoms with Crippen LogP contribution in [-0.2, 0) is 28.8 Å². The van der Waals surface area contributed by atoms with Gasteiger partial charge in [0.2, 0.25) is 11.8 Å². The molecule has 3 aromatic heterocycles. The van der Waals surface area contributed by atoms with Crippen molar-refractivity contribution in [3.63, 3.8) is 0 Å². The van der Waals surface area contributed by atoms with E-state index in [1.165, 1.54) is 11.3 Å². The Bertz CT molecular complexity index is 1400. The third-order valence-corrected chi connectivity index (χ3v) is 7.60. The second kappa shape index (κ2) is 9.65. The summed E-state index contributed by atoms with van der Waals surface area (Å²) in [7, 11) is 0. The molecule has 1 N–H and O–H groups in total. The summed E-state index contributed by atoms with van der Waals surface area (Å²) in [6.45, 7) is 5.86. The molecule has 5 rings (SSSR count). The summed E-state index contributed by atoms with van der Waals surface area (Å²) in [4.78, 5) is 27.6. The third kappa shape index (κ3) is 4.25. The highest BCUT2D eigenvalue weighted by atomic mass is 32.1. The summed E-state index contributed by atoms with van der Waals surface area (Å²) >= 11 is 1.49. The number of rotatable bonds is 7. The van der Waals surface area contributed by atoms with Crippen molar-refractivity contribution in [1.82, 2.24) is 14.8 Å². The molecule has 3 heterocycles. The highest BCUT2D eigenvalue weighted by Gasteiger charge is 2.30. The van der Waals surface area contributed by atoms with E-state index < -0.39 is 6.04 Å². The molecular weight excluding hydrogens is 464 g/mol. The predicted octanol–water partition coefficient (Wildman–Crippen LogP) is 5.57. The number of aryl methyl sites for hydroxylation is 2. The van der Waals surface area contributed by atoms with Crippen molar-refractivity contribution in [3.8, 4) is 11.6 Å². The number of anilines is 1. The highest BCUT2D eigenvalue weighted by molar-refractivity contribution is 7.17. The number of nitrogens with one attached hydrogen (secondary N) is 1. The number of benzene rings is 1. The van der Waals surface area contributed by atoms with Crippen LogP contribution >= 0.6 is 11.3 Å². The fraction of sp³-hybridized carbons (Fsp3) is 0.385. The molecule has 1 aliphatic carbocycles. The van der Waals surface area contributed by atoms with Gasteiger partial charge in [-0.25, -0.2) is 4.79 Å². The van der Waals surface area contributed by atoms with Crippen LogP contribution in [0.5, 0.6) is 0 Å². The Hall–Kier alpha value is -3.46. The van der Waals surface area contributed by atoms with E-state index in [1.807, 2.05) is 48.7 Å². The second-order valence-corrected chi connectivity index (χ2v) is 9.72. The van der Waals surface area contributed by atoms with Gasteiger partial charge in [-0.15, -0.1) is 21.5 Å². The largest absolute Gasteiger partial charge is 0.462 e. The number of ether oxygens (including phenoxy) is 1. The Morgan fingerprint density at radius 2 is 2.00 bits per heavy atom. The van der Waals surface area contributed by atoms with Crippen molar-refractivity contribution in [1.29, 1.82) is 0 Å². The van der Waals surface area contributed by atoms with Gasteiger partial charge in [-0.2, -0.15) is 0 Å². The van der Waals surface area contributed by atoms with Gasteiger partial charge in [-0.1, -0.05) is 25.1 Å². The first-order valence-electron chi connectivity index (χ1n) is 12.1. The molecule has 0 spiro atoms. The fourth-order valence-electron chi connectivity index (χ4n) is 4.66. The summed E-state index contributed by atoms with van der Waals surface area (Å²) in [6, 6.07) is 9.20. The van der Waals surface area contributed by atoms with Crippen molar-refractivity contribution in [2.45, 2.75) is 58.9 Å². The summed E-state index contributed by atoms with van der Waals surface area (Å²) in [5.41, 5.74) is 3.09. The molecule has 1 unspecified atom stereocenters. The van der Waals surface area contributed by atoms with E-state index in [1.54, 1.807) is 6.92 Å². The topological polar surface area (TPSA) is 99.2 Å². The zero-order chi connectivity index (χ0) is 24.5. The lowest BCUT2D eigenvalue weighted by molar-refractivity contribution is -0.118. The van der Waals surface area contributed by atoms with Crippen LogP contribution in [0.1, 0.15) is 66.3 Å². The average molecular weight is 493 g/mol. The van der Waals surface area contributed by atoms with E-state index in [-0.39, 0.29) is 18.5 Å². The molecule has 35 heavy (non-hydrogen) atoms. The van der Waals surface area contributed by atoms with Crippen LogP contribution in [-0.4, -0.2) is 33.2 Å². The van der Waals surface area contributed by atoms with Crippen molar-refractivity contribution in [2.24, 2.45) is 0 Å². The molecule has 182 valence electrons. The van der Waals surface area contributed by atoms with Crippen molar-refractivity contribution in [3.05, 3.63) is 52.2 Å². The minimum absolute atomic E-state index is 0.230. The third-order valence-electron chi connectivity index (χ3n) is 6.39. The van der Waals surface area contributed by atoms with E-state index in [0.29, 0.717) is 34.5 Å². The van der Waals surface area contributed by atoms with Gasteiger partial charge in [0.15, 0.2) is 0 Å². The number of carbonyl (C=O) groups is 2. The Labute approximate surface area is 207 Å². The van der Waals surface area contributed by atoms with Gasteiger partial charge in [0.1, 0.15) is 16.7 Å². The smallest absolute Gasteiger partial charge is 0.341 e. The van der Waals surface area contributed by atoms with Crippen LogP contribution in [0.3, 0.4) is 0 Å². The number of hydrogen-bond donors (Lipinski definition) is 1. The number of hydrogen-bond acceptors (Lipinski definition) is 7. The quantitative estimate of drug-likeness (QED) is 0.339. The lowest BCUT2D eigenvalue weighted by atomic mass is 9.95. The molecule has 1 aliphatic rings. The van der Waals surface area contributed by atoms with Gasteiger partial charge in [-0.05, 0) is 57.2 Å². The standard InChI is InChI=1S/C26H28N4O4S/c1-4-21-28-29-24(34-21)19-14-16-10-6-8-12-18(16)30(19)15(3)23(31)27-25-22(26(32)33-5-2)17-11-7-9-13-20(17)35-25/h6,8,10,12,14-15H,4-5,7,9,11,13H2,1-3H3,(H,27,31). The molecular formula is C26H28N4O4S. The monoisotopic (exact) mass is 492 g/mol. The van der Waals surface area contributed by atoms with Gasteiger partial charge in [-0.3, -0.25) is 4.79 Å². The van der Waals surface area contributed by atoms with E-state index in [2.05, 4.69) is 15.5 Å². The maximum Gasteiger partial charge on any atom is 0.341 e. The second-order valence-electron chi connectivity index (χ2n) is 8.61. The maximum absolute atomic E-state index is 13.6. The first-order valence-corrected chi connectivity index (χ1v) is 12.9. The molecule has 0 bridgehead atoms. The average Bonchev–Trinajstić information content (AvgIpc) is 3.58. The molecule has 8 nitrogen and oxygen atoms in total. The molecule has 4 aromatic rings. The minimum Gasteiger partial charge on any atom is -0.462 e. The SMILES string of the molecule is CCOC(=O)c1c(NC(=O)C(C)n2c(-c3nnc(CC)o3)cc3ccccc32)sc2c1CCCC2. The number of carbonyl (C=O) groups excluding carboxylic acids is 2. The van der Waals surface area contributed by atoms with Gasteiger partial charge in [0.05, 0.1) is 12.2 Å². The number of fused-ring (bicyclic) bond motifs is 2. The molecule has 1 aromatic carbocycles. The lowest BCUT2D eigenvalue weighted by Gasteiger charge is -2.18. The number of para-hydroxylation sites is 1. The van der Waals surface area contributed by atoms with Crippen LogP contribution < -0.4 is 5.32 Å². The zero-order valence-corrected chi connectivity index (χ0v) is 20.9. The fourth-order valence-corrected chi connectivity index (χ4v) is 5.94. The lowest BCUT2D eigenvalue weighted by Crippen LogP contribution is -2.25. The molecule has 9 heteroatoms. The predicted molar refractivity (Wildman–Crippen MR) is 135 cm³/mol. The minimum atomic E-state index is -0.601. The van der Waals surface area contributed by atoms with Gasteiger partial charge < -0.3 is 19.0 Å². The van der Waals surface area contributed by atoms with Crippen molar-refractivity contribution < 1.29 is 18.7 Å². The van der Waals surface area contributed by atoms with E-state index in [4.69, 9.17) is 9.15 Å². The first kappa shape index (κ1) is 23.3. The molecule has 1 amide bonds. The maximum atomic E-state index is 13.6. The molecule has 0 radical (unpaired) electrons. The molecule has 1 atom stereocenters. The molecule has 0 aliphatic heterocycles. The Balaban J connectivity index is 1.53. The Morgan fingerprint density at radius 1 is 1.20 bits per heavy atom. The number of amides is 1. The number of nitrogens with zero attached hydrogens (tertiary/aromatic N) is 3. The Morgan fingerprint density at radius 3 is 2.77 bits per heavy atom. The summed E-state index contributed by atoms with van der Waals surface area (Å²) in [6.07, 6.45) is 4.49. The van der Waals surface area contributed by atoms with Gasteiger partial charge in [0.25, 0.3) is 5.89 Å². The van der Waals surface area contributed by atoms with Gasteiger partial charge in [0, 0.05) is 22.2 Å². The van der Waals surface area contributed by atoms with Crippen LogP contribution in [0.25, 0.3) is 22.5 Å². The number of thiophene rings is 1. The van der Waals surface area contributed by atoms with Crippen LogP contribution in [0.4, 0.5) is 5.00 Å². The van der Waals surface area contributed by atoms with Crippen LogP contribution in [0.2, 0.25) is 0 Å².